The van der Waals surface area contributed by atoms with E-state index in [9.17, 15) is 14.4 Å². The molecule has 0 spiro atoms. The normalized spacial score (nSPS) is 11.8. The minimum atomic E-state index is -1.12. The monoisotopic (exact) mass is 567 g/mol. The van der Waals surface area contributed by atoms with Gasteiger partial charge in [0.15, 0.2) is 0 Å². The molecule has 0 saturated carbocycles. The van der Waals surface area contributed by atoms with Crippen molar-refractivity contribution in [3.8, 4) is 0 Å². The smallest absolute Gasteiger partial charge is 0.329 e. The highest BCUT2D eigenvalue weighted by Gasteiger charge is 2.25. The lowest BCUT2D eigenvalue weighted by Gasteiger charge is -2.16. The van der Waals surface area contributed by atoms with Crippen molar-refractivity contribution in [2.24, 2.45) is 0 Å². The van der Waals surface area contributed by atoms with Crippen LogP contribution in [0.15, 0.2) is 0 Å². The molecule has 0 aliphatic heterocycles. The van der Waals surface area contributed by atoms with Crippen LogP contribution in [0, 0.1) is 0 Å². The van der Waals surface area contributed by atoms with E-state index in [1.54, 1.807) is 0 Å². The summed E-state index contributed by atoms with van der Waals surface area (Å²) in [5.41, 5.74) is 0. The van der Waals surface area contributed by atoms with Gasteiger partial charge in [0, 0.05) is 6.42 Å². The van der Waals surface area contributed by atoms with Crippen molar-refractivity contribution in [3.05, 3.63) is 0 Å². The van der Waals surface area contributed by atoms with Gasteiger partial charge < -0.3 is 15.2 Å². The zero-order valence-corrected chi connectivity index (χ0v) is 26.5. The third kappa shape index (κ3) is 28.0. The molecule has 0 aliphatic carbocycles. The molecule has 0 heterocycles. The molecule has 0 bridgehead atoms. The summed E-state index contributed by atoms with van der Waals surface area (Å²) in [5, 5.41) is 11.8. The zero-order valence-electron chi connectivity index (χ0n) is 26.5. The molecule has 0 unspecified atom stereocenters. The Morgan fingerprint density at radius 2 is 0.900 bits per heavy atom. The maximum atomic E-state index is 12.4. The van der Waals surface area contributed by atoms with Gasteiger partial charge in [0.25, 0.3) is 0 Å². The van der Waals surface area contributed by atoms with Crippen LogP contribution in [-0.2, 0) is 19.1 Å². The van der Waals surface area contributed by atoms with Crippen LogP contribution in [0.3, 0.4) is 0 Å². The Labute approximate surface area is 247 Å². The molecule has 40 heavy (non-hydrogen) atoms. The van der Waals surface area contributed by atoms with Gasteiger partial charge in [-0.3, -0.25) is 9.59 Å². The SMILES string of the molecule is CCCCCCCCCCCCCCCCCC(=O)N[C@@H](CC(=O)O)C(=O)OCCCCCCCCCCCC. The molecule has 0 saturated heterocycles. The predicted molar refractivity (Wildman–Crippen MR) is 167 cm³/mol. The molecule has 0 aliphatic rings. The number of hydrogen-bond acceptors (Lipinski definition) is 4. The first-order valence-electron chi connectivity index (χ1n) is 17.2. The van der Waals surface area contributed by atoms with Gasteiger partial charge >= 0.3 is 11.9 Å². The second kappa shape index (κ2) is 30.4. The van der Waals surface area contributed by atoms with E-state index in [4.69, 9.17) is 9.84 Å². The van der Waals surface area contributed by atoms with Crippen molar-refractivity contribution in [1.82, 2.24) is 5.32 Å². The van der Waals surface area contributed by atoms with Gasteiger partial charge in [0.05, 0.1) is 13.0 Å². The highest BCUT2D eigenvalue weighted by atomic mass is 16.5. The molecule has 0 aromatic rings. The quantitative estimate of drug-likeness (QED) is 0.0642. The summed E-state index contributed by atoms with van der Waals surface area (Å²) in [6.07, 6.45) is 30.7. The number of esters is 1. The zero-order chi connectivity index (χ0) is 29.5. The van der Waals surface area contributed by atoms with E-state index in [2.05, 4.69) is 19.2 Å². The molecule has 1 atom stereocenters. The number of aliphatic carboxylic acids is 1. The van der Waals surface area contributed by atoms with Gasteiger partial charge in [-0.05, 0) is 12.8 Å². The number of carbonyl (C=O) groups excluding carboxylic acids is 2. The van der Waals surface area contributed by atoms with Crippen molar-refractivity contribution >= 4 is 17.8 Å². The summed E-state index contributed by atoms with van der Waals surface area (Å²) in [7, 11) is 0. The predicted octanol–water partition coefficient (Wildman–Crippen LogP) is 9.67. The summed E-state index contributed by atoms with van der Waals surface area (Å²) in [6.45, 7) is 4.77. The Morgan fingerprint density at radius 1 is 0.550 bits per heavy atom. The molecule has 6 heteroatoms. The number of ether oxygens (including phenoxy) is 1. The van der Waals surface area contributed by atoms with Crippen molar-refractivity contribution < 1.29 is 24.2 Å². The number of carboxylic acids is 1. The van der Waals surface area contributed by atoms with Crippen molar-refractivity contribution in [3.63, 3.8) is 0 Å². The Morgan fingerprint density at radius 3 is 1.27 bits per heavy atom. The summed E-state index contributed by atoms with van der Waals surface area (Å²) in [4.78, 5) is 35.9. The first kappa shape index (κ1) is 38.4. The average molecular weight is 568 g/mol. The molecule has 0 rings (SSSR count). The maximum Gasteiger partial charge on any atom is 0.329 e. The number of nitrogens with one attached hydrogen (secondary N) is 1. The topological polar surface area (TPSA) is 92.7 Å². The minimum absolute atomic E-state index is 0.267. The Hall–Kier alpha value is -1.59. The Kier molecular flexibility index (Phi) is 29.2. The van der Waals surface area contributed by atoms with Gasteiger partial charge in [-0.1, -0.05) is 162 Å². The van der Waals surface area contributed by atoms with E-state index in [1.807, 2.05) is 0 Å². The summed E-state index contributed by atoms with van der Waals surface area (Å²) < 4.78 is 5.29. The minimum Gasteiger partial charge on any atom is -0.481 e. The number of hydrogen-bond donors (Lipinski definition) is 2. The summed E-state index contributed by atoms with van der Waals surface area (Å²) in [5.74, 6) is -2.02. The third-order valence-corrected chi connectivity index (χ3v) is 7.75. The van der Waals surface area contributed by atoms with Crippen LogP contribution in [0.4, 0.5) is 0 Å². The number of carbonyl (C=O) groups is 3. The number of amides is 1. The standard InChI is InChI=1S/C34H65NO5/c1-3-5-7-9-11-13-15-16-17-18-19-20-22-24-26-28-32(36)35-31(30-33(37)38)34(39)40-29-27-25-23-21-14-12-10-8-6-4-2/h31H,3-30H2,1-2H3,(H,35,36)(H,37,38)/t31-/m0/s1. The number of carboxylic acid groups (broad SMARTS) is 1. The number of unbranched alkanes of at least 4 members (excludes halogenated alkanes) is 23. The van der Waals surface area contributed by atoms with E-state index in [0.29, 0.717) is 6.42 Å². The van der Waals surface area contributed by atoms with Gasteiger partial charge in [0.1, 0.15) is 6.04 Å². The molecule has 0 aromatic carbocycles. The largest absolute Gasteiger partial charge is 0.481 e. The molecular formula is C34H65NO5. The van der Waals surface area contributed by atoms with E-state index >= 15 is 0 Å². The molecule has 0 aromatic heterocycles. The molecule has 0 fully saturated rings. The van der Waals surface area contributed by atoms with Crippen LogP contribution < -0.4 is 5.32 Å². The summed E-state index contributed by atoms with van der Waals surface area (Å²) >= 11 is 0. The van der Waals surface area contributed by atoms with Gasteiger partial charge in [-0.25, -0.2) is 4.79 Å². The maximum absolute atomic E-state index is 12.4. The lowest BCUT2D eigenvalue weighted by molar-refractivity contribution is -0.151. The Balaban J connectivity index is 3.77. The van der Waals surface area contributed by atoms with Crippen LogP contribution in [-0.4, -0.2) is 35.6 Å². The molecule has 2 N–H and O–H groups in total. The van der Waals surface area contributed by atoms with Crippen molar-refractivity contribution in [2.75, 3.05) is 6.61 Å². The number of rotatable bonds is 31. The lowest BCUT2D eigenvalue weighted by Crippen LogP contribution is -2.43. The average Bonchev–Trinajstić information content (AvgIpc) is 2.93. The molecule has 6 nitrogen and oxygen atoms in total. The second-order valence-electron chi connectivity index (χ2n) is 11.8. The van der Waals surface area contributed by atoms with Gasteiger partial charge in [0.2, 0.25) is 5.91 Å². The highest BCUT2D eigenvalue weighted by molar-refractivity contribution is 5.87. The fraction of sp³-hybridized carbons (Fsp3) is 0.912. The Bertz CT molecular complexity index is 595. The van der Waals surface area contributed by atoms with E-state index in [1.165, 1.54) is 122 Å². The molecular weight excluding hydrogens is 502 g/mol. The fourth-order valence-corrected chi connectivity index (χ4v) is 5.15. The van der Waals surface area contributed by atoms with E-state index in [0.717, 1.165) is 38.5 Å². The van der Waals surface area contributed by atoms with Crippen LogP contribution in [0.25, 0.3) is 0 Å². The van der Waals surface area contributed by atoms with Crippen molar-refractivity contribution in [1.29, 1.82) is 0 Å². The third-order valence-electron chi connectivity index (χ3n) is 7.75. The van der Waals surface area contributed by atoms with E-state index < -0.39 is 24.4 Å². The highest BCUT2D eigenvalue weighted by Crippen LogP contribution is 2.14. The molecule has 1 amide bonds. The molecule has 236 valence electrons. The van der Waals surface area contributed by atoms with Gasteiger partial charge in [-0.2, -0.15) is 0 Å². The molecule has 0 radical (unpaired) electrons. The van der Waals surface area contributed by atoms with Crippen LogP contribution >= 0.6 is 0 Å². The fourth-order valence-electron chi connectivity index (χ4n) is 5.15. The van der Waals surface area contributed by atoms with Crippen LogP contribution in [0.5, 0.6) is 0 Å². The second-order valence-corrected chi connectivity index (χ2v) is 11.8. The van der Waals surface area contributed by atoms with Gasteiger partial charge in [-0.15, -0.1) is 0 Å². The van der Waals surface area contributed by atoms with E-state index in [-0.39, 0.29) is 12.5 Å². The van der Waals surface area contributed by atoms with Crippen molar-refractivity contribution in [2.45, 2.75) is 193 Å². The first-order chi connectivity index (χ1) is 19.5. The first-order valence-corrected chi connectivity index (χ1v) is 17.2. The summed E-state index contributed by atoms with van der Waals surface area (Å²) in [6, 6.07) is -1.11. The van der Waals surface area contributed by atoms with Crippen LogP contribution in [0.2, 0.25) is 0 Å². The van der Waals surface area contributed by atoms with Crippen LogP contribution in [0.1, 0.15) is 187 Å². The lowest BCUT2D eigenvalue weighted by atomic mass is 10.0.